The second kappa shape index (κ2) is 5.99. The van der Waals surface area contributed by atoms with Gasteiger partial charge in [-0.3, -0.25) is 4.79 Å². The lowest BCUT2D eigenvalue weighted by Crippen LogP contribution is -2.20. The van der Waals surface area contributed by atoms with Gasteiger partial charge >= 0.3 is 0 Å². The third-order valence-electron chi connectivity index (χ3n) is 2.89. The Balaban J connectivity index is 2.29. The number of hydrogen-bond acceptors (Lipinski definition) is 3. The molecule has 2 aromatic rings. The predicted molar refractivity (Wildman–Crippen MR) is 74.6 cm³/mol. The number of nitrogens with one attached hydrogen (secondary N) is 1. The van der Waals surface area contributed by atoms with E-state index in [2.05, 4.69) is 9.97 Å². The van der Waals surface area contributed by atoms with E-state index < -0.39 is 0 Å². The zero-order valence-corrected chi connectivity index (χ0v) is 11.4. The standard InChI is InChI=1S/C14H15ClN2O2/c1-9-12(5-6-18)14(19)17-13(16-9)8-10-3-2-4-11(15)7-10/h2-4,7,18H,5-6,8H2,1H3,(H,16,17,19). The molecule has 0 aliphatic carbocycles. The van der Waals surface area contributed by atoms with Crippen LogP contribution in [0.15, 0.2) is 29.1 Å². The summed E-state index contributed by atoms with van der Waals surface area (Å²) in [4.78, 5) is 19.0. The Labute approximate surface area is 116 Å². The summed E-state index contributed by atoms with van der Waals surface area (Å²) in [5.74, 6) is 0.603. The van der Waals surface area contributed by atoms with E-state index in [4.69, 9.17) is 16.7 Å². The molecule has 5 heteroatoms. The number of benzene rings is 1. The third-order valence-corrected chi connectivity index (χ3v) is 3.13. The zero-order chi connectivity index (χ0) is 13.8. The number of aliphatic hydroxyl groups is 1. The fourth-order valence-corrected chi connectivity index (χ4v) is 2.21. The van der Waals surface area contributed by atoms with E-state index in [1.807, 2.05) is 18.2 Å². The van der Waals surface area contributed by atoms with Crippen LogP contribution in [0, 0.1) is 6.92 Å². The molecule has 1 heterocycles. The van der Waals surface area contributed by atoms with Gasteiger partial charge in [-0.2, -0.15) is 0 Å². The SMILES string of the molecule is Cc1nc(Cc2cccc(Cl)c2)[nH]c(=O)c1CCO. The smallest absolute Gasteiger partial charge is 0.254 e. The summed E-state index contributed by atoms with van der Waals surface area (Å²) in [6, 6.07) is 7.45. The van der Waals surface area contributed by atoms with Crippen LogP contribution in [0.2, 0.25) is 5.02 Å². The summed E-state index contributed by atoms with van der Waals surface area (Å²) >= 11 is 5.92. The Hall–Kier alpha value is -1.65. The molecule has 1 aromatic carbocycles. The van der Waals surface area contributed by atoms with Crippen LogP contribution in [0.1, 0.15) is 22.6 Å². The first-order valence-electron chi connectivity index (χ1n) is 6.04. The van der Waals surface area contributed by atoms with Crippen molar-refractivity contribution in [3.05, 3.63) is 62.3 Å². The van der Waals surface area contributed by atoms with Crippen LogP contribution in [0.3, 0.4) is 0 Å². The maximum Gasteiger partial charge on any atom is 0.254 e. The van der Waals surface area contributed by atoms with Crippen molar-refractivity contribution in [3.63, 3.8) is 0 Å². The maximum absolute atomic E-state index is 11.9. The van der Waals surface area contributed by atoms with Gasteiger partial charge in [0, 0.05) is 35.7 Å². The van der Waals surface area contributed by atoms with Crippen molar-refractivity contribution in [1.82, 2.24) is 9.97 Å². The van der Waals surface area contributed by atoms with E-state index in [9.17, 15) is 4.79 Å². The van der Waals surface area contributed by atoms with Gasteiger partial charge < -0.3 is 10.1 Å². The number of aromatic nitrogens is 2. The second-order valence-corrected chi connectivity index (χ2v) is 4.79. The van der Waals surface area contributed by atoms with Gasteiger partial charge in [0.05, 0.1) is 0 Å². The molecule has 0 radical (unpaired) electrons. The van der Waals surface area contributed by atoms with Crippen molar-refractivity contribution < 1.29 is 5.11 Å². The summed E-state index contributed by atoms with van der Waals surface area (Å²) < 4.78 is 0. The van der Waals surface area contributed by atoms with E-state index in [1.54, 1.807) is 13.0 Å². The Bertz CT molecular complexity index is 638. The first-order chi connectivity index (χ1) is 9.10. The molecular weight excluding hydrogens is 264 g/mol. The molecule has 19 heavy (non-hydrogen) atoms. The number of aromatic amines is 1. The van der Waals surface area contributed by atoms with Gasteiger partial charge in [0.15, 0.2) is 0 Å². The number of aryl methyl sites for hydroxylation is 1. The summed E-state index contributed by atoms with van der Waals surface area (Å²) in [5, 5.41) is 9.57. The van der Waals surface area contributed by atoms with E-state index in [1.165, 1.54) is 0 Å². The molecular formula is C14H15ClN2O2. The number of rotatable bonds is 4. The lowest BCUT2D eigenvalue weighted by atomic mass is 10.1. The molecule has 4 nitrogen and oxygen atoms in total. The molecule has 0 unspecified atom stereocenters. The van der Waals surface area contributed by atoms with Crippen LogP contribution >= 0.6 is 11.6 Å². The minimum atomic E-state index is -0.182. The molecule has 2 rings (SSSR count). The highest BCUT2D eigenvalue weighted by atomic mass is 35.5. The largest absolute Gasteiger partial charge is 0.396 e. The highest BCUT2D eigenvalue weighted by molar-refractivity contribution is 6.30. The molecule has 0 saturated heterocycles. The monoisotopic (exact) mass is 278 g/mol. The molecule has 0 amide bonds. The Morgan fingerprint density at radius 3 is 2.84 bits per heavy atom. The van der Waals surface area contributed by atoms with Gasteiger partial charge in [-0.1, -0.05) is 23.7 Å². The Kier molecular flexibility index (Phi) is 4.35. The minimum absolute atomic E-state index is 0.0563. The van der Waals surface area contributed by atoms with E-state index >= 15 is 0 Å². The van der Waals surface area contributed by atoms with E-state index in [0.717, 1.165) is 5.56 Å². The van der Waals surface area contributed by atoms with Crippen LogP contribution < -0.4 is 5.56 Å². The van der Waals surface area contributed by atoms with Crippen LogP contribution in [0.5, 0.6) is 0 Å². The third kappa shape index (κ3) is 3.43. The average Bonchev–Trinajstić information content (AvgIpc) is 2.34. The first-order valence-corrected chi connectivity index (χ1v) is 6.42. The normalized spacial score (nSPS) is 10.7. The highest BCUT2D eigenvalue weighted by Gasteiger charge is 2.08. The quantitative estimate of drug-likeness (QED) is 0.897. The molecule has 1 aromatic heterocycles. The van der Waals surface area contributed by atoms with E-state index in [-0.39, 0.29) is 12.2 Å². The van der Waals surface area contributed by atoms with Crippen molar-refractivity contribution in [2.45, 2.75) is 19.8 Å². The lowest BCUT2D eigenvalue weighted by molar-refractivity contribution is 0.298. The Morgan fingerprint density at radius 1 is 1.42 bits per heavy atom. The molecule has 100 valence electrons. The van der Waals surface area contributed by atoms with Gasteiger partial charge in [0.1, 0.15) is 5.82 Å². The van der Waals surface area contributed by atoms with Gasteiger partial charge in [-0.15, -0.1) is 0 Å². The van der Waals surface area contributed by atoms with E-state index in [0.29, 0.717) is 34.9 Å². The first kappa shape index (κ1) is 13.8. The van der Waals surface area contributed by atoms with Gasteiger partial charge in [-0.25, -0.2) is 4.98 Å². The van der Waals surface area contributed by atoms with Gasteiger partial charge in [-0.05, 0) is 24.6 Å². The number of halogens is 1. The highest BCUT2D eigenvalue weighted by Crippen LogP contribution is 2.13. The molecule has 2 N–H and O–H groups in total. The molecule has 0 saturated carbocycles. The number of aliphatic hydroxyl groups excluding tert-OH is 1. The molecule has 0 fully saturated rings. The zero-order valence-electron chi connectivity index (χ0n) is 10.6. The maximum atomic E-state index is 11.9. The Morgan fingerprint density at radius 2 is 2.21 bits per heavy atom. The summed E-state index contributed by atoms with van der Waals surface area (Å²) in [5.41, 5.74) is 2.01. The minimum Gasteiger partial charge on any atom is -0.396 e. The molecule has 0 aliphatic heterocycles. The van der Waals surface area contributed by atoms with Crippen molar-refractivity contribution >= 4 is 11.6 Å². The summed E-state index contributed by atoms with van der Waals surface area (Å²) in [6.45, 7) is 1.72. The van der Waals surface area contributed by atoms with Crippen molar-refractivity contribution in [2.75, 3.05) is 6.61 Å². The molecule has 0 spiro atoms. The van der Waals surface area contributed by atoms with Crippen molar-refractivity contribution in [1.29, 1.82) is 0 Å². The van der Waals surface area contributed by atoms with Crippen LogP contribution in [0.4, 0.5) is 0 Å². The fourth-order valence-electron chi connectivity index (χ4n) is 2.00. The van der Waals surface area contributed by atoms with Crippen molar-refractivity contribution in [2.24, 2.45) is 0 Å². The lowest BCUT2D eigenvalue weighted by Gasteiger charge is -2.06. The van der Waals surface area contributed by atoms with Crippen LogP contribution in [-0.2, 0) is 12.8 Å². The molecule has 0 bridgehead atoms. The van der Waals surface area contributed by atoms with Gasteiger partial charge in [0.2, 0.25) is 0 Å². The van der Waals surface area contributed by atoms with Crippen molar-refractivity contribution in [3.8, 4) is 0 Å². The molecule has 0 aliphatic rings. The number of nitrogens with zero attached hydrogens (tertiary/aromatic N) is 1. The summed E-state index contributed by atoms with van der Waals surface area (Å²) in [7, 11) is 0. The average molecular weight is 279 g/mol. The van der Waals surface area contributed by atoms with Gasteiger partial charge in [0.25, 0.3) is 5.56 Å². The second-order valence-electron chi connectivity index (χ2n) is 4.36. The number of hydrogen-bond donors (Lipinski definition) is 2. The van der Waals surface area contributed by atoms with Crippen LogP contribution in [0.25, 0.3) is 0 Å². The van der Waals surface area contributed by atoms with Crippen LogP contribution in [-0.4, -0.2) is 21.7 Å². The summed E-state index contributed by atoms with van der Waals surface area (Å²) in [6.07, 6.45) is 0.849. The fraction of sp³-hybridized carbons (Fsp3) is 0.286. The predicted octanol–water partition coefficient (Wildman–Crippen LogP) is 1.86. The molecule has 0 atom stereocenters. The topological polar surface area (TPSA) is 66.0 Å². The number of H-pyrrole nitrogens is 1.